The highest BCUT2D eigenvalue weighted by Crippen LogP contribution is 2.38. The zero-order chi connectivity index (χ0) is 23.1. The minimum atomic E-state index is -0.478. The molecule has 1 amide bonds. The third kappa shape index (κ3) is 3.59. The van der Waals surface area contributed by atoms with Crippen molar-refractivity contribution < 1.29 is 13.9 Å². The first-order chi connectivity index (χ1) is 16.0. The lowest BCUT2D eigenvalue weighted by Gasteiger charge is -2.25. The standard InChI is InChI=1S/C28H25NO4/c1-17-15-18(2)26-22(16-17)25(30)23-24(20-7-5-4-6-8-20)29(28(31)27(23)33-26)14-13-19-9-11-21(32-3)12-10-19/h4-12,15-16,24H,13-14H2,1-3H3/t24-/m1/s1. The molecule has 166 valence electrons. The van der Waals surface area contributed by atoms with Crippen LogP contribution >= 0.6 is 0 Å². The van der Waals surface area contributed by atoms with Gasteiger partial charge in [-0.15, -0.1) is 0 Å². The highest BCUT2D eigenvalue weighted by Gasteiger charge is 2.42. The summed E-state index contributed by atoms with van der Waals surface area (Å²) in [6.07, 6.45) is 0.652. The molecule has 0 radical (unpaired) electrons. The number of benzene rings is 3. The van der Waals surface area contributed by atoms with E-state index in [1.54, 1.807) is 12.0 Å². The Labute approximate surface area is 192 Å². The lowest BCUT2D eigenvalue weighted by molar-refractivity contribution is 0.0730. The molecule has 1 atom stereocenters. The Kier molecular flexibility index (Phi) is 5.25. The summed E-state index contributed by atoms with van der Waals surface area (Å²) in [6, 6.07) is 20.8. The second kappa shape index (κ2) is 8.24. The van der Waals surface area contributed by atoms with Gasteiger partial charge in [-0.3, -0.25) is 9.59 Å². The molecule has 0 N–H and O–H groups in total. The van der Waals surface area contributed by atoms with Crippen LogP contribution in [0.3, 0.4) is 0 Å². The van der Waals surface area contributed by atoms with Crippen LogP contribution in [0.1, 0.15) is 44.4 Å². The van der Waals surface area contributed by atoms with E-state index < -0.39 is 6.04 Å². The quantitative estimate of drug-likeness (QED) is 0.429. The van der Waals surface area contributed by atoms with Crippen LogP contribution in [0.5, 0.6) is 5.75 Å². The van der Waals surface area contributed by atoms with Crippen molar-refractivity contribution in [2.45, 2.75) is 26.3 Å². The van der Waals surface area contributed by atoms with E-state index in [-0.39, 0.29) is 17.1 Å². The van der Waals surface area contributed by atoms with Gasteiger partial charge in [-0.1, -0.05) is 48.5 Å². The van der Waals surface area contributed by atoms with Gasteiger partial charge in [0.2, 0.25) is 5.76 Å². The molecule has 2 heterocycles. The number of methoxy groups -OCH3 is 1. The van der Waals surface area contributed by atoms with E-state index >= 15 is 0 Å². The number of nitrogens with zero attached hydrogens (tertiary/aromatic N) is 1. The Morgan fingerprint density at radius 3 is 2.39 bits per heavy atom. The minimum Gasteiger partial charge on any atom is -0.497 e. The maximum atomic E-state index is 13.7. The minimum absolute atomic E-state index is 0.132. The van der Waals surface area contributed by atoms with Crippen LogP contribution in [0, 0.1) is 13.8 Å². The van der Waals surface area contributed by atoms with Gasteiger partial charge in [-0.05, 0) is 60.7 Å². The summed E-state index contributed by atoms with van der Waals surface area (Å²) >= 11 is 0. The molecule has 1 aromatic heterocycles. The smallest absolute Gasteiger partial charge is 0.290 e. The summed E-state index contributed by atoms with van der Waals surface area (Å²) < 4.78 is 11.4. The Morgan fingerprint density at radius 2 is 1.70 bits per heavy atom. The van der Waals surface area contributed by atoms with Gasteiger partial charge in [0, 0.05) is 6.54 Å². The van der Waals surface area contributed by atoms with Gasteiger partial charge in [0.05, 0.1) is 24.1 Å². The average molecular weight is 440 g/mol. The Balaban J connectivity index is 1.61. The number of fused-ring (bicyclic) bond motifs is 2. The van der Waals surface area contributed by atoms with Gasteiger partial charge in [-0.25, -0.2) is 0 Å². The van der Waals surface area contributed by atoms with Gasteiger partial charge in [0.25, 0.3) is 5.91 Å². The van der Waals surface area contributed by atoms with Crippen molar-refractivity contribution in [1.29, 1.82) is 0 Å². The van der Waals surface area contributed by atoms with Gasteiger partial charge >= 0.3 is 0 Å². The number of amides is 1. The number of aryl methyl sites for hydroxylation is 2. The van der Waals surface area contributed by atoms with E-state index in [0.717, 1.165) is 28.0 Å². The second-order valence-electron chi connectivity index (χ2n) is 8.54. The van der Waals surface area contributed by atoms with Crippen molar-refractivity contribution in [3.63, 3.8) is 0 Å². The molecule has 4 aromatic rings. The molecule has 0 saturated heterocycles. The van der Waals surface area contributed by atoms with Crippen LogP contribution in [0.15, 0.2) is 75.9 Å². The van der Waals surface area contributed by atoms with Crippen LogP contribution in [0.4, 0.5) is 0 Å². The number of carbonyl (C=O) groups excluding carboxylic acids is 1. The lowest BCUT2D eigenvalue weighted by atomic mass is 9.97. The number of hydrogen-bond acceptors (Lipinski definition) is 4. The summed E-state index contributed by atoms with van der Waals surface area (Å²) in [7, 11) is 1.64. The molecule has 3 aromatic carbocycles. The summed E-state index contributed by atoms with van der Waals surface area (Å²) in [5.41, 5.74) is 4.61. The third-order valence-electron chi connectivity index (χ3n) is 6.31. The maximum Gasteiger partial charge on any atom is 0.290 e. The van der Waals surface area contributed by atoms with E-state index in [0.29, 0.717) is 29.5 Å². The van der Waals surface area contributed by atoms with Crippen molar-refractivity contribution >= 4 is 16.9 Å². The average Bonchev–Trinajstić information content (AvgIpc) is 3.11. The molecule has 1 aliphatic rings. The number of ether oxygens (including phenoxy) is 1. The first-order valence-corrected chi connectivity index (χ1v) is 11.0. The first kappa shape index (κ1) is 21.0. The van der Waals surface area contributed by atoms with Gasteiger partial charge in [0.1, 0.15) is 11.3 Å². The van der Waals surface area contributed by atoms with Crippen molar-refractivity contribution in [3.05, 3.63) is 111 Å². The van der Waals surface area contributed by atoms with E-state index in [4.69, 9.17) is 9.15 Å². The molecule has 0 fully saturated rings. The SMILES string of the molecule is COc1ccc(CCN2C(=O)c3oc4c(C)cc(C)cc4c(=O)c3[C@H]2c2ccccc2)cc1. The van der Waals surface area contributed by atoms with Crippen molar-refractivity contribution in [2.75, 3.05) is 13.7 Å². The van der Waals surface area contributed by atoms with Gasteiger partial charge in [-0.2, -0.15) is 0 Å². The fourth-order valence-corrected chi connectivity index (χ4v) is 4.73. The lowest BCUT2D eigenvalue weighted by Crippen LogP contribution is -2.31. The van der Waals surface area contributed by atoms with Crippen molar-refractivity contribution in [3.8, 4) is 5.75 Å². The maximum absolute atomic E-state index is 13.7. The molecule has 0 bridgehead atoms. The summed E-state index contributed by atoms with van der Waals surface area (Å²) in [5.74, 6) is 0.701. The van der Waals surface area contributed by atoms with Crippen LogP contribution in [-0.4, -0.2) is 24.5 Å². The molecule has 0 saturated carbocycles. The third-order valence-corrected chi connectivity index (χ3v) is 6.31. The van der Waals surface area contributed by atoms with Crippen LogP contribution in [0.2, 0.25) is 0 Å². The highest BCUT2D eigenvalue weighted by atomic mass is 16.5. The van der Waals surface area contributed by atoms with E-state index in [2.05, 4.69) is 0 Å². The summed E-state index contributed by atoms with van der Waals surface area (Å²) in [5, 5.41) is 0.525. The normalized spacial score (nSPS) is 15.2. The molecular weight excluding hydrogens is 414 g/mol. The predicted octanol–water partition coefficient (Wildman–Crippen LogP) is 5.21. The van der Waals surface area contributed by atoms with E-state index in [1.807, 2.05) is 80.6 Å². The summed E-state index contributed by atoms with van der Waals surface area (Å²) in [6.45, 7) is 4.32. The van der Waals surface area contributed by atoms with Gasteiger partial charge in [0.15, 0.2) is 5.43 Å². The highest BCUT2D eigenvalue weighted by molar-refractivity contribution is 5.99. The first-order valence-electron chi connectivity index (χ1n) is 11.0. The molecule has 0 spiro atoms. The Morgan fingerprint density at radius 1 is 0.970 bits per heavy atom. The van der Waals surface area contributed by atoms with Crippen LogP contribution < -0.4 is 10.2 Å². The fraction of sp³-hybridized carbons (Fsp3) is 0.214. The molecule has 33 heavy (non-hydrogen) atoms. The van der Waals surface area contributed by atoms with Crippen molar-refractivity contribution in [1.82, 2.24) is 4.90 Å². The fourth-order valence-electron chi connectivity index (χ4n) is 4.73. The number of rotatable bonds is 5. The molecular formula is C28H25NO4. The molecule has 5 heteroatoms. The molecule has 5 nitrogen and oxygen atoms in total. The van der Waals surface area contributed by atoms with Crippen LogP contribution in [-0.2, 0) is 6.42 Å². The molecule has 0 aliphatic carbocycles. The largest absolute Gasteiger partial charge is 0.497 e. The molecule has 1 aliphatic heterocycles. The Hall–Kier alpha value is -3.86. The number of carbonyl (C=O) groups is 1. The van der Waals surface area contributed by atoms with E-state index in [1.165, 1.54) is 0 Å². The zero-order valence-corrected chi connectivity index (χ0v) is 18.9. The van der Waals surface area contributed by atoms with E-state index in [9.17, 15) is 9.59 Å². The van der Waals surface area contributed by atoms with Gasteiger partial charge < -0.3 is 14.1 Å². The predicted molar refractivity (Wildman–Crippen MR) is 128 cm³/mol. The Bertz CT molecular complexity index is 1400. The zero-order valence-electron chi connectivity index (χ0n) is 18.9. The van der Waals surface area contributed by atoms with Crippen LogP contribution in [0.25, 0.3) is 11.0 Å². The second-order valence-corrected chi connectivity index (χ2v) is 8.54. The topological polar surface area (TPSA) is 59.8 Å². The summed E-state index contributed by atoms with van der Waals surface area (Å²) in [4.78, 5) is 29.0. The molecule has 5 rings (SSSR count). The monoisotopic (exact) mass is 439 g/mol. The molecule has 0 unspecified atom stereocenters. The van der Waals surface area contributed by atoms with Crippen molar-refractivity contribution in [2.24, 2.45) is 0 Å². The number of hydrogen-bond donors (Lipinski definition) is 0.